The number of nitrogens with two attached hydrogens (primary N) is 1. The van der Waals surface area contributed by atoms with Crippen LogP contribution >= 0.6 is 34.2 Å². The molecule has 0 aliphatic carbocycles. The maximum atomic E-state index is 5.88. The zero-order chi connectivity index (χ0) is 9.14. The van der Waals surface area contributed by atoms with Crippen LogP contribution in [0.1, 0.15) is 11.6 Å². The molecule has 3 heteroatoms. The largest absolute Gasteiger partial charge is 0.314 e. The first-order valence-electron chi connectivity index (χ1n) is 3.32. The Kier molecular flexibility index (Phi) is 3.39. The van der Waals surface area contributed by atoms with Crippen molar-refractivity contribution in [3.05, 3.63) is 32.4 Å². The molecule has 0 heterocycles. The molecular weight excluding hydrogens is 284 g/mol. The molecule has 0 bridgehead atoms. The second-order valence-electron chi connectivity index (χ2n) is 2.32. The highest BCUT2D eigenvalue weighted by Gasteiger charge is 2.03. The minimum atomic E-state index is -0.362. The summed E-state index contributed by atoms with van der Waals surface area (Å²) in [6, 6.07) is 5.22. The molecule has 0 saturated carbocycles. The van der Waals surface area contributed by atoms with Gasteiger partial charge in [-0.3, -0.25) is 0 Å². The standard InChI is InChI=1S/C9H7ClIN/c1-2-9(12)6-3-4-8(11)7(10)5-6/h1,3-5,9H,12H2. The van der Waals surface area contributed by atoms with E-state index in [1.54, 1.807) is 6.07 Å². The van der Waals surface area contributed by atoms with Gasteiger partial charge in [0, 0.05) is 3.57 Å². The molecule has 2 N–H and O–H groups in total. The molecular formula is C9H7ClIN. The monoisotopic (exact) mass is 291 g/mol. The molecule has 0 amide bonds. The molecule has 1 atom stereocenters. The molecule has 1 aromatic carbocycles. The summed E-state index contributed by atoms with van der Waals surface area (Å²) in [5.41, 5.74) is 6.49. The van der Waals surface area contributed by atoms with Crippen molar-refractivity contribution in [1.29, 1.82) is 0 Å². The van der Waals surface area contributed by atoms with Gasteiger partial charge in [0.05, 0.1) is 11.1 Å². The summed E-state index contributed by atoms with van der Waals surface area (Å²) in [5.74, 6) is 2.44. The van der Waals surface area contributed by atoms with Crippen LogP contribution < -0.4 is 5.73 Å². The van der Waals surface area contributed by atoms with E-state index in [-0.39, 0.29) is 6.04 Å². The first-order valence-corrected chi connectivity index (χ1v) is 4.77. The van der Waals surface area contributed by atoms with E-state index >= 15 is 0 Å². The van der Waals surface area contributed by atoms with Gasteiger partial charge in [0.2, 0.25) is 0 Å². The summed E-state index contributed by atoms with van der Waals surface area (Å²) < 4.78 is 1.00. The highest BCUT2D eigenvalue weighted by atomic mass is 127. The molecule has 0 spiro atoms. The van der Waals surface area contributed by atoms with E-state index < -0.39 is 0 Å². The van der Waals surface area contributed by atoms with Crippen LogP contribution in [-0.2, 0) is 0 Å². The molecule has 12 heavy (non-hydrogen) atoms. The highest BCUT2D eigenvalue weighted by molar-refractivity contribution is 14.1. The normalized spacial score (nSPS) is 12.2. The molecule has 62 valence electrons. The van der Waals surface area contributed by atoms with Crippen molar-refractivity contribution in [2.75, 3.05) is 0 Å². The lowest BCUT2D eigenvalue weighted by Crippen LogP contribution is -2.06. The Bertz CT molecular complexity index is 330. The molecule has 0 aliphatic heterocycles. The zero-order valence-electron chi connectivity index (χ0n) is 6.22. The third-order valence-corrected chi connectivity index (χ3v) is 3.05. The maximum Gasteiger partial charge on any atom is 0.0918 e. The Labute approximate surface area is 90.4 Å². The van der Waals surface area contributed by atoms with Gasteiger partial charge in [0.15, 0.2) is 0 Å². The van der Waals surface area contributed by atoms with Crippen LogP contribution in [0.15, 0.2) is 18.2 Å². The zero-order valence-corrected chi connectivity index (χ0v) is 9.13. The molecule has 1 aromatic rings. The lowest BCUT2D eigenvalue weighted by Gasteiger charge is -2.05. The van der Waals surface area contributed by atoms with Crippen molar-refractivity contribution in [3.8, 4) is 12.3 Å². The second-order valence-corrected chi connectivity index (χ2v) is 3.89. The Balaban J connectivity index is 3.06. The molecule has 0 aromatic heterocycles. The van der Waals surface area contributed by atoms with Crippen LogP contribution in [0.4, 0.5) is 0 Å². The average molecular weight is 292 g/mol. The Hall–Kier alpha value is -0.240. The highest BCUT2D eigenvalue weighted by Crippen LogP contribution is 2.21. The Morgan fingerprint density at radius 1 is 1.58 bits per heavy atom. The Morgan fingerprint density at radius 2 is 2.25 bits per heavy atom. The fraction of sp³-hybridized carbons (Fsp3) is 0.111. The summed E-state index contributed by atoms with van der Waals surface area (Å²) >= 11 is 8.04. The van der Waals surface area contributed by atoms with Crippen molar-refractivity contribution in [2.45, 2.75) is 6.04 Å². The van der Waals surface area contributed by atoms with E-state index in [2.05, 4.69) is 28.5 Å². The number of benzene rings is 1. The van der Waals surface area contributed by atoms with Gasteiger partial charge in [-0.15, -0.1) is 6.42 Å². The first kappa shape index (κ1) is 9.85. The topological polar surface area (TPSA) is 26.0 Å². The molecule has 1 unspecified atom stereocenters. The molecule has 0 radical (unpaired) electrons. The van der Waals surface area contributed by atoms with E-state index in [9.17, 15) is 0 Å². The third kappa shape index (κ3) is 2.13. The van der Waals surface area contributed by atoms with E-state index in [0.29, 0.717) is 5.02 Å². The van der Waals surface area contributed by atoms with Crippen molar-refractivity contribution < 1.29 is 0 Å². The van der Waals surface area contributed by atoms with Gasteiger partial charge in [-0.2, -0.15) is 0 Å². The van der Waals surface area contributed by atoms with Gasteiger partial charge in [-0.05, 0) is 40.3 Å². The number of terminal acetylenes is 1. The fourth-order valence-corrected chi connectivity index (χ4v) is 1.33. The number of hydrogen-bond donors (Lipinski definition) is 1. The minimum absolute atomic E-state index is 0.362. The summed E-state index contributed by atoms with van der Waals surface area (Å²) in [5, 5.41) is 0.693. The van der Waals surface area contributed by atoms with E-state index in [1.807, 2.05) is 12.1 Å². The van der Waals surface area contributed by atoms with E-state index in [1.165, 1.54) is 0 Å². The molecule has 0 saturated heterocycles. The van der Waals surface area contributed by atoms with E-state index in [4.69, 9.17) is 23.8 Å². The number of rotatable bonds is 1. The predicted molar refractivity (Wildman–Crippen MR) is 59.9 cm³/mol. The summed E-state index contributed by atoms with van der Waals surface area (Å²) in [6.45, 7) is 0. The van der Waals surface area contributed by atoms with Crippen LogP contribution in [-0.4, -0.2) is 0 Å². The van der Waals surface area contributed by atoms with Crippen molar-refractivity contribution in [3.63, 3.8) is 0 Å². The van der Waals surface area contributed by atoms with Crippen LogP contribution in [0.2, 0.25) is 5.02 Å². The summed E-state index contributed by atoms with van der Waals surface area (Å²) in [4.78, 5) is 0. The SMILES string of the molecule is C#CC(N)c1ccc(I)c(Cl)c1. The smallest absolute Gasteiger partial charge is 0.0918 e. The number of hydrogen-bond acceptors (Lipinski definition) is 1. The maximum absolute atomic E-state index is 5.88. The number of halogens is 2. The summed E-state index contributed by atoms with van der Waals surface area (Å²) in [7, 11) is 0. The fourth-order valence-electron chi connectivity index (χ4n) is 0.802. The minimum Gasteiger partial charge on any atom is -0.314 e. The Morgan fingerprint density at radius 3 is 2.75 bits per heavy atom. The average Bonchev–Trinajstić information content (AvgIpc) is 2.08. The first-order chi connectivity index (χ1) is 5.65. The van der Waals surface area contributed by atoms with Gasteiger partial charge in [-0.25, -0.2) is 0 Å². The third-order valence-electron chi connectivity index (χ3n) is 1.48. The summed E-state index contributed by atoms with van der Waals surface area (Å²) in [6.07, 6.45) is 5.17. The van der Waals surface area contributed by atoms with Gasteiger partial charge < -0.3 is 5.73 Å². The van der Waals surface area contributed by atoms with Gasteiger partial charge in [0.25, 0.3) is 0 Å². The van der Waals surface area contributed by atoms with Crippen LogP contribution in [0.3, 0.4) is 0 Å². The molecule has 1 rings (SSSR count). The van der Waals surface area contributed by atoms with Gasteiger partial charge >= 0.3 is 0 Å². The lowest BCUT2D eigenvalue weighted by molar-refractivity contribution is 0.946. The van der Waals surface area contributed by atoms with Crippen molar-refractivity contribution in [2.24, 2.45) is 5.73 Å². The second kappa shape index (κ2) is 4.13. The van der Waals surface area contributed by atoms with E-state index in [0.717, 1.165) is 9.13 Å². The molecule has 1 nitrogen and oxygen atoms in total. The van der Waals surface area contributed by atoms with Crippen molar-refractivity contribution in [1.82, 2.24) is 0 Å². The lowest BCUT2D eigenvalue weighted by atomic mass is 10.1. The van der Waals surface area contributed by atoms with Crippen LogP contribution in [0.25, 0.3) is 0 Å². The van der Waals surface area contributed by atoms with Gasteiger partial charge in [0.1, 0.15) is 0 Å². The van der Waals surface area contributed by atoms with Crippen molar-refractivity contribution >= 4 is 34.2 Å². The van der Waals surface area contributed by atoms with Crippen LogP contribution in [0.5, 0.6) is 0 Å². The predicted octanol–water partition coefficient (Wildman–Crippen LogP) is 2.58. The van der Waals surface area contributed by atoms with Crippen LogP contribution in [0, 0.1) is 15.9 Å². The molecule has 0 aliphatic rings. The van der Waals surface area contributed by atoms with Gasteiger partial charge in [-0.1, -0.05) is 23.6 Å². The molecule has 0 fully saturated rings. The quantitative estimate of drug-likeness (QED) is 0.624.